The zero-order valence-electron chi connectivity index (χ0n) is 15.4. The fourth-order valence-corrected chi connectivity index (χ4v) is 2.59. The zero-order chi connectivity index (χ0) is 20.1. The summed E-state index contributed by atoms with van der Waals surface area (Å²) >= 11 is 0. The first-order chi connectivity index (χ1) is 13.4. The van der Waals surface area contributed by atoms with E-state index in [0.717, 1.165) is 16.8 Å². The average molecular weight is 381 g/mol. The maximum atomic E-state index is 12.1. The van der Waals surface area contributed by atoms with E-state index in [1.165, 1.54) is 18.6 Å². The largest absolute Gasteiger partial charge is 0.365 e. The normalized spacial score (nSPS) is 10.9. The Bertz CT molecular complexity index is 1070. The highest BCUT2D eigenvalue weighted by molar-refractivity contribution is 5.90. The van der Waals surface area contributed by atoms with E-state index in [-0.39, 0.29) is 18.5 Å². The average Bonchev–Trinajstić information content (AvgIpc) is 3.26. The van der Waals surface area contributed by atoms with Crippen LogP contribution in [0.4, 0.5) is 0 Å². The molecule has 28 heavy (non-hydrogen) atoms. The zero-order valence-corrected chi connectivity index (χ0v) is 15.4. The Balaban J connectivity index is 1.81. The topological polar surface area (TPSA) is 121 Å². The predicted molar refractivity (Wildman–Crippen MR) is 103 cm³/mol. The van der Waals surface area contributed by atoms with Gasteiger partial charge >= 0.3 is 5.63 Å². The molecule has 0 bridgehead atoms. The molecule has 2 heterocycles. The Morgan fingerprint density at radius 3 is 2.54 bits per heavy atom. The number of aromatic nitrogens is 2. The van der Waals surface area contributed by atoms with Crippen LogP contribution >= 0.6 is 0 Å². The smallest absolute Gasteiger partial charge is 0.361 e. The predicted octanol–water partition coefficient (Wildman–Crippen LogP) is 1.67. The summed E-state index contributed by atoms with van der Waals surface area (Å²) < 4.78 is 6.37. The lowest BCUT2D eigenvalue weighted by molar-refractivity contribution is -0.120. The number of hydrogen-bond acceptors (Lipinski definition) is 5. The van der Waals surface area contributed by atoms with Crippen molar-refractivity contribution in [1.29, 1.82) is 0 Å². The number of hydrazone groups is 1. The first kappa shape index (κ1) is 18.9. The van der Waals surface area contributed by atoms with E-state index in [0.29, 0.717) is 11.1 Å². The number of carbonyl (C=O) groups is 2. The van der Waals surface area contributed by atoms with Gasteiger partial charge in [0.15, 0.2) is 0 Å². The molecule has 0 aliphatic carbocycles. The minimum atomic E-state index is -0.485. The molecule has 0 unspecified atom stereocenters. The number of hydrogen-bond donors (Lipinski definition) is 3. The molecule has 2 aromatic heterocycles. The highest BCUT2D eigenvalue weighted by atomic mass is 16.5. The second-order valence-corrected chi connectivity index (χ2v) is 6.04. The molecule has 0 atom stereocenters. The van der Waals surface area contributed by atoms with Gasteiger partial charge in [-0.15, -0.1) is 0 Å². The van der Waals surface area contributed by atoms with Gasteiger partial charge in [-0.2, -0.15) is 9.84 Å². The fourth-order valence-electron chi connectivity index (χ4n) is 2.59. The molecule has 0 radical (unpaired) electrons. The quantitative estimate of drug-likeness (QED) is 0.444. The third-order valence-electron chi connectivity index (χ3n) is 3.87. The Hall–Kier alpha value is -3.88. The highest BCUT2D eigenvalue weighted by Gasteiger charge is 2.11. The summed E-state index contributed by atoms with van der Waals surface area (Å²) in [5, 5.41) is 6.44. The van der Waals surface area contributed by atoms with E-state index in [9.17, 15) is 14.4 Å². The van der Waals surface area contributed by atoms with Gasteiger partial charge in [-0.25, -0.2) is 10.2 Å². The van der Waals surface area contributed by atoms with Crippen LogP contribution in [0.3, 0.4) is 0 Å². The lowest BCUT2D eigenvalue weighted by atomic mass is 10.0. The van der Waals surface area contributed by atoms with Gasteiger partial charge in [-0.3, -0.25) is 9.59 Å². The van der Waals surface area contributed by atoms with Crippen molar-refractivity contribution in [1.82, 2.24) is 20.5 Å². The monoisotopic (exact) mass is 381 g/mol. The summed E-state index contributed by atoms with van der Waals surface area (Å²) in [6.45, 7) is 2.85. The molecule has 9 heteroatoms. The number of carbonyl (C=O) groups excluding carboxylic acids is 2. The van der Waals surface area contributed by atoms with Crippen LogP contribution < -0.4 is 16.4 Å². The van der Waals surface area contributed by atoms with E-state index in [1.54, 1.807) is 30.7 Å². The van der Waals surface area contributed by atoms with Crippen LogP contribution in [0.1, 0.15) is 19.4 Å². The Morgan fingerprint density at radius 2 is 1.86 bits per heavy atom. The standard InChI is InChI=1S/C19H19N5O4/c1-12(25)21-11-24-10-17(19(27)28-24)14-3-5-15(6-4-14)18-16(7-8-20-18)9-22-23-13(2)26/h3-10,20H,11H2,1-2H3,(H,21,25)(H,23,26)/b22-9+. The summed E-state index contributed by atoms with van der Waals surface area (Å²) in [5.74, 6) is -0.465. The number of benzene rings is 1. The molecule has 0 aliphatic rings. The summed E-state index contributed by atoms with van der Waals surface area (Å²) in [4.78, 5) is 37.1. The summed E-state index contributed by atoms with van der Waals surface area (Å²) in [7, 11) is 0. The van der Waals surface area contributed by atoms with Crippen LogP contribution in [0.15, 0.2) is 57.1 Å². The Labute approximate surface area is 160 Å². The summed E-state index contributed by atoms with van der Waals surface area (Å²) in [5.41, 5.74) is 5.50. The van der Waals surface area contributed by atoms with Gasteiger partial charge < -0.3 is 14.8 Å². The highest BCUT2D eigenvalue weighted by Crippen LogP contribution is 2.24. The molecule has 9 nitrogen and oxygen atoms in total. The lowest BCUT2D eigenvalue weighted by Gasteiger charge is -2.03. The number of H-pyrrole nitrogens is 1. The minimum absolute atomic E-state index is 0.0854. The van der Waals surface area contributed by atoms with E-state index in [2.05, 4.69) is 20.8 Å². The van der Waals surface area contributed by atoms with Crippen molar-refractivity contribution in [2.45, 2.75) is 20.5 Å². The van der Waals surface area contributed by atoms with E-state index in [1.807, 2.05) is 18.2 Å². The van der Waals surface area contributed by atoms with Crippen molar-refractivity contribution in [2.24, 2.45) is 5.10 Å². The lowest BCUT2D eigenvalue weighted by Crippen LogP contribution is -2.22. The third kappa shape index (κ3) is 4.44. The number of nitrogens with one attached hydrogen (secondary N) is 3. The minimum Gasteiger partial charge on any atom is -0.361 e. The van der Waals surface area contributed by atoms with Crippen molar-refractivity contribution >= 4 is 18.0 Å². The number of amides is 2. The first-order valence-electron chi connectivity index (χ1n) is 8.47. The summed E-state index contributed by atoms with van der Waals surface area (Å²) in [6, 6.07) is 9.17. The molecule has 3 aromatic rings. The van der Waals surface area contributed by atoms with Gasteiger partial charge in [0.05, 0.1) is 23.7 Å². The molecule has 0 spiro atoms. The maximum Gasteiger partial charge on any atom is 0.365 e. The van der Waals surface area contributed by atoms with Crippen molar-refractivity contribution < 1.29 is 14.1 Å². The molecule has 3 N–H and O–H groups in total. The number of rotatable bonds is 6. The van der Waals surface area contributed by atoms with Gasteiger partial charge in [0.2, 0.25) is 11.8 Å². The van der Waals surface area contributed by atoms with Crippen LogP contribution in [0, 0.1) is 0 Å². The molecule has 0 fully saturated rings. The maximum absolute atomic E-state index is 12.1. The molecule has 1 aromatic carbocycles. The molecule has 2 amide bonds. The van der Waals surface area contributed by atoms with Gasteiger partial charge in [0.1, 0.15) is 6.67 Å². The van der Waals surface area contributed by atoms with Crippen molar-refractivity contribution in [3.05, 3.63) is 58.7 Å². The van der Waals surface area contributed by atoms with Crippen LogP contribution in [0.5, 0.6) is 0 Å². The van der Waals surface area contributed by atoms with Gasteiger partial charge in [-0.05, 0) is 17.2 Å². The number of nitrogens with zero attached hydrogens (tertiary/aromatic N) is 2. The van der Waals surface area contributed by atoms with Crippen LogP contribution in [-0.4, -0.2) is 27.8 Å². The molecule has 0 aliphatic heterocycles. The van der Waals surface area contributed by atoms with Crippen molar-refractivity contribution in [3.63, 3.8) is 0 Å². The van der Waals surface area contributed by atoms with E-state index < -0.39 is 5.63 Å². The van der Waals surface area contributed by atoms with Gasteiger partial charge in [-0.1, -0.05) is 24.3 Å². The second-order valence-electron chi connectivity index (χ2n) is 6.04. The van der Waals surface area contributed by atoms with E-state index >= 15 is 0 Å². The molecule has 3 rings (SSSR count). The van der Waals surface area contributed by atoms with Crippen molar-refractivity contribution in [2.75, 3.05) is 0 Å². The SMILES string of the molecule is CC(=O)NCn1cc(-c2ccc(-c3[nH]ccc3/C=N/NC(C)=O)cc2)c(=O)o1. The molecular formula is C19H19N5O4. The molecular weight excluding hydrogens is 362 g/mol. The van der Waals surface area contributed by atoms with Gasteiger partial charge in [0, 0.05) is 25.6 Å². The number of aromatic amines is 1. The van der Waals surface area contributed by atoms with Crippen LogP contribution in [-0.2, 0) is 16.3 Å². The second kappa shape index (κ2) is 8.21. The molecule has 0 saturated heterocycles. The Morgan fingerprint density at radius 1 is 1.14 bits per heavy atom. The fraction of sp³-hybridized carbons (Fsp3) is 0.158. The van der Waals surface area contributed by atoms with Gasteiger partial charge in [0.25, 0.3) is 0 Å². The Kier molecular flexibility index (Phi) is 5.54. The van der Waals surface area contributed by atoms with Crippen LogP contribution in [0.25, 0.3) is 22.4 Å². The summed E-state index contributed by atoms with van der Waals surface area (Å²) in [6.07, 6.45) is 4.88. The molecule has 0 saturated carbocycles. The molecule has 144 valence electrons. The third-order valence-corrected chi connectivity index (χ3v) is 3.87. The van der Waals surface area contributed by atoms with Crippen molar-refractivity contribution in [3.8, 4) is 22.4 Å². The first-order valence-corrected chi connectivity index (χ1v) is 8.47. The van der Waals surface area contributed by atoms with Crippen LogP contribution in [0.2, 0.25) is 0 Å². The van der Waals surface area contributed by atoms with E-state index in [4.69, 9.17) is 4.52 Å².